The minimum Gasteiger partial charge on any atom is -0.391 e. The van der Waals surface area contributed by atoms with E-state index in [0.29, 0.717) is 12.3 Å². The molecule has 1 aromatic carbocycles. The third kappa shape index (κ3) is 5.08. The first kappa shape index (κ1) is 19.8. The summed E-state index contributed by atoms with van der Waals surface area (Å²) in [5, 5.41) is 9.86. The lowest BCUT2D eigenvalue weighted by molar-refractivity contribution is -0.143. The molecule has 3 rings (SSSR count). The number of piperidine rings is 1. The lowest BCUT2D eigenvalue weighted by atomic mass is 9.95. The number of amides is 2. The Morgan fingerprint density at radius 1 is 1.19 bits per heavy atom. The van der Waals surface area contributed by atoms with E-state index in [9.17, 15) is 14.7 Å². The molecule has 1 aromatic rings. The number of rotatable bonds is 5. The summed E-state index contributed by atoms with van der Waals surface area (Å²) in [6.45, 7) is 5.17. The molecule has 2 atom stereocenters. The molecule has 6 heteroatoms. The summed E-state index contributed by atoms with van der Waals surface area (Å²) in [7, 11) is 2.15. The molecule has 1 N–H and O–H groups in total. The maximum Gasteiger partial charge on any atom is 0.245 e. The van der Waals surface area contributed by atoms with Crippen LogP contribution in [-0.4, -0.2) is 77.0 Å². The van der Waals surface area contributed by atoms with Gasteiger partial charge in [0.15, 0.2) is 0 Å². The second-order valence-electron chi connectivity index (χ2n) is 8.03. The van der Waals surface area contributed by atoms with Gasteiger partial charge in [-0.25, -0.2) is 0 Å². The highest BCUT2D eigenvalue weighted by atomic mass is 16.3. The van der Waals surface area contributed by atoms with Gasteiger partial charge in [-0.1, -0.05) is 30.3 Å². The quantitative estimate of drug-likeness (QED) is 0.846. The zero-order chi connectivity index (χ0) is 19.4. The molecule has 2 aliphatic heterocycles. The Labute approximate surface area is 161 Å². The molecular formula is C21H31N3O3. The van der Waals surface area contributed by atoms with Gasteiger partial charge in [-0.3, -0.25) is 9.59 Å². The van der Waals surface area contributed by atoms with E-state index in [1.165, 1.54) is 17.4 Å². The summed E-state index contributed by atoms with van der Waals surface area (Å²) in [5.74, 6) is 0.445. The van der Waals surface area contributed by atoms with Gasteiger partial charge in [0, 0.05) is 46.1 Å². The first-order valence-electron chi connectivity index (χ1n) is 9.90. The van der Waals surface area contributed by atoms with Crippen molar-refractivity contribution in [3.8, 4) is 0 Å². The van der Waals surface area contributed by atoms with Crippen LogP contribution in [0.15, 0.2) is 30.3 Å². The lowest BCUT2D eigenvalue weighted by Crippen LogP contribution is -2.50. The van der Waals surface area contributed by atoms with Crippen molar-refractivity contribution in [3.63, 3.8) is 0 Å². The lowest BCUT2D eigenvalue weighted by Gasteiger charge is -2.36. The molecule has 2 amide bonds. The van der Waals surface area contributed by atoms with Gasteiger partial charge in [0.25, 0.3) is 0 Å². The van der Waals surface area contributed by atoms with E-state index in [1.807, 2.05) is 11.0 Å². The van der Waals surface area contributed by atoms with E-state index in [0.717, 1.165) is 39.0 Å². The SMILES string of the molecule is CC(=O)N1C[C@H](O)C[C@@H]1C(=O)N1CCC(CN(C)Cc2ccccc2)CC1. The van der Waals surface area contributed by atoms with Crippen molar-refractivity contribution in [2.45, 2.75) is 44.9 Å². The molecule has 2 saturated heterocycles. The molecule has 2 fully saturated rings. The maximum absolute atomic E-state index is 12.8. The second kappa shape index (κ2) is 8.85. The third-order valence-corrected chi connectivity index (χ3v) is 5.76. The third-order valence-electron chi connectivity index (χ3n) is 5.76. The molecule has 0 spiro atoms. The molecule has 0 radical (unpaired) electrons. The van der Waals surface area contributed by atoms with E-state index in [2.05, 4.69) is 36.2 Å². The van der Waals surface area contributed by atoms with E-state index in [1.54, 1.807) is 0 Å². The topological polar surface area (TPSA) is 64.1 Å². The Balaban J connectivity index is 1.47. The van der Waals surface area contributed by atoms with Crippen molar-refractivity contribution in [1.29, 1.82) is 0 Å². The van der Waals surface area contributed by atoms with Crippen LogP contribution in [0.3, 0.4) is 0 Å². The number of hydrogen-bond donors (Lipinski definition) is 1. The average Bonchev–Trinajstić information content (AvgIpc) is 3.04. The van der Waals surface area contributed by atoms with E-state index in [-0.39, 0.29) is 18.4 Å². The number of β-amino-alcohol motifs (C(OH)–C–C–N with tert-alkyl or cyclic N) is 1. The number of aliphatic hydroxyl groups is 1. The van der Waals surface area contributed by atoms with Gasteiger partial charge in [-0.2, -0.15) is 0 Å². The molecule has 0 aliphatic carbocycles. The molecule has 2 aliphatic rings. The highest BCUT2D eigenvalue weighted by molar-refractivity contribution is 5.87. The van der Waals surface area contributed by atoms with Gasteiger partial charge < -0.3 is 19.8 Å². The minimum atomic E-state index is -0.591. The minimum absolute atomic E-state index is 0.00200. The van der Waals surface area contributed by atoms with Crippen LogP contribution in [0.1, 0.15) is 31.7 Å². The summed E-state index contributed by atoms with van der Waals surface area (Å²) >= 11 is 0. The summed E-state index contributed by atoms with van der Waals surface area (Å²) in [5.41, 5.74) is 1.32. The Morgan fingerprint density at radius 3 is 2.48 bits per heavy atom. The molecule has 0 bridgehead atoms. The fourth-order valence-electron chi connectivity index (χ4n) is 4.34. The van der Waals surface area contributed by atoms with Gasteiger partial charge in [0.05, 0.1) is 6.10 Å². The smallest absolute Gasteiger partial charge is 0.245 e. The number of hydrogen-bond acceptors (Lipinski definition) is 4. The predicted octanol–water partition coefficient (Wildman–Crippen LogP) is 1.34. The summed E-state index contributed by atoms with van der Waals surface area (Å²) < 4.78 is 0. The zero-order valence-electron chi connectivity index (χ0n) is 16.4. The van der Waals surface area contributed by atoms with Crippen molar-refractivity contribution in [2.24, 2.45) is 5.92 Å². The van der Waals surface area contributed by atoms with E-state index < -0.39 is 12.1 Å². The monoisotopic (exact) mass is 373 g/mol. The molecule has 0 aromatic heterocycles. The summed E-state index contributed by atoms with van der Waals surface area (Å²) in [4.78, 5) is 30.3. The molecule has 0 unspecified atom stereocenters. The van der Waals surface area contributed by atoms with E-state index >= 15 is 0 Å². The van der Waals surface area contributed by atoms with Crippen LogP contribution in [0.5, 0.6) is 0 Å². The molecule has 6 nitrogen and oxygen atoms in total. The highest BCUT2D eigenvalue weighted by Gasteiger charge is 2.40. The summed E-state index contributed by atoms with van der Waals surface area (Å²) in [6.07, 6.45) is 1.74. The largest absolute Gasteiger partial charge is 0.391 e. The number of aliphatic hydroxyl groups excluding tert-OH is 1. The first-order valence-corrected chi connectivity index (χ1v) is 9.90. The van der Waals surface area contributed by atoms with Crippen molar-refractivity contribution < 1.29 is 14.7 Å². The standard InChI is InChI=1S/C21H31N3O3/c1-16(25)24-15-19(26)12-20(24)21(27)23-10-8-18(9-11-23)14-22(2)13-17-6-4-3-5-7-17/h3-7,18-20,26H,8-15H2,1-2H3/t19-,20-/m1/s1. The Bertz CT molecular complexity index is 643. The molecule has 148 valence electrons. The highest BCUT2D eigenvalue weighted by Crippen LogP contribution is 2.24. The van der Waals surface area contributed by atoms with Crippen molar-refractivity contribution >= 4 is 11.8 Å². The fraction of sp³-hybridized carbons (Fsp3) is 0.619. The van der Waals surface area contributed by atoms with Gasteiger partial charge in [-0.05, 0) is 31.4 Å². The van der Waals surface area contributed by atoms with Crippen molar-refractivity contribution in [3.05, 3.63) is 35.9 Å². The van der Waals surface area contributed by atoms with Crippen LogP contribution in [-0.2, 0) is 16.1 Å². The fourth-order valence-corrected chi connectivity index (χ4v) is 4.34. The summed E-state index contributed by atoms with van der Waals surface area (Å²) in [6, 6.07) is 9.97. The van der Waals surface area contributed by atoms with Gasteiger partial charge in [0.2, 0.25) is 11.8 Å². The number of nitrogens with zero attached hydrogens (tertiary/aromatic N) is 3. The molecule has 2 heterocycles. The van der Waals surface area contributed by atoms with Crippen LogP contribution >= 0.6 is 0 Å². The Hall–Kier alpha value is -1.92. The van der Waals surface area contributed by atoms with Crippen molar-refractivity contribution in [1.82, 2.24) is 14.7 Å². The van der Waals surface area contributed by atoms with Gasteiger partial charge in [0.1, 0.15) is 6.04 Å². The molecule has 27 heavy (non-hydrogen) atoms. The van der Waals surface area contributed by atoms with Crippen molar-refractivity contribution in [2.75, 3.05) is 33.2 Å². The number of carbonyl (C=O) groups is 2. The van der Waals surface area contributed by atoms with Crippen LogP contribution in [0.4, 0.5) is 0 Å². The second-order valence-corrected chi connectivity index (χ2v) is 8.03. The normalized spacial score (nSPS) is 23.9. The Morgan fingerprint density at radius 2 is 1.85 bits per heavy atom. The zero-order valence-corrected chi connectivity index (χ0v) is 16.4. The maximum atomic E-state index is 12.8. The number of benzene rings is 1. The number of likely N-dealkylation sites (tertiary alicyclic amines) is 2. The van der Waals surface area contributed by atoms with Crippen LogP contribution in [0, 0.1) is 5.92 Å². The van der Waals surface area contributed by atoms with Crippen LogP contribution in [0.2, 0.25) is 0 Å². The van der Waals surface area contributed by atoms with Crippen LogP contribution in [0.25, 0.3) is 0 Å². The molecule has 0 saturated carbocycles. The predicted molar refractivity (Wildman–Crippen MR) is 104 cm³/mol. The van der Waals surface area contributed by atoms with E-state index in [4.69, 9.17) is 0 Å². The van der Waals surface area contributed by atoms with Gasteiger partial charge in [-0.15, -0.1) is 0 Å². The number of carbonyl (C=O) groups excluding carboxylic acids is 2. The average molecular weight is 373 g/mol. The first-order chi connectivity index (χ1) is 12.9. The molecular weight excluding hydrogens is 342 g/mol. The Kier molecular flexibility index (Phi) is 6.50. The van der Waals surface area contributed by atoms with Gasteiger partial charge >= 0.3 is 0 Å². The van der Waals surface area contributed by atoms with Crippen LogP contribution < -0.4 is 0 Å².